The summed E-state index contributed by atoms with van der Waals surface area (Å²) in [6.07, 6.45) is 0. The summed E-state index contributed by atoms with van der Waals surface area (Å²) in [5.74, 6) is -0.529. The van der Waals surface area contributed by atoms with Gasteiger partial charge in [-0.25, -0.2) is 4.39 Å². The van der Waals surface area contributed by atoms with Crippen LogP contribution in [-0.4, -0.2) is 43.7 Å². The van der Waals surface area contributed by atoms with Crippen LogP contribution in [-0.2, 0) is 16.1 Å². The number of carbonyl (C=O) groups is 1. The molecule has 0 aliphatic carbocycles. The van der Waals surface area contributed by atoms with E-state index in [4.69, 9.17) is 16.3 Å². The number of carbonyl (C=O) groups excluding carboxylic acids is 1. The zero-order chi connectivity index (χ0) is 13.8. The van der Waals surface area contributed by atoms with E-state index in [1.807, 2.05) is 0 Å². The molecule has 1 saturated heterocycles. The van der Waals surface area contributed by atoms with Crippen LogP contribution in [0.25, 0.3) is 0 Å². The zero-order valence-electron chi connectivity index (χ0n) is 10.7. The number of hydrogen-bond acceptors (Lipinski definition) is 3. The minimum absolute atomic E-state index is 0.126. The van der Waals surface area contributed by atoms with Crippen molar-refractivity contribution in [3.8, 4) is 0 Å². The Bertz CT molecular complexity index is 444. The summed E-state index contributed by atoms with van der Waals surface area (Å²) in [7, 11) is 1.63. The predicted octanol–water partition coefficient (Wildman–Crippen LogP) is 1.43. The van der Waals surface area contributed by atoms with Crippen LogP contribution in [0.1, 0.15) is 5.56 Å². The molecule has 1 aromatic rings. The molecule has 4 nitrogen and oxygen atoms in total. The van der Waals surface area contributed by atoms with Crippen LogP contribution in [0.4, 0.5) is 4.39 Å². The Kier molecular flexibility index (Phi) is 4.74. The monoisotopic (exact) mass is 286 g/mol. The Morgan fingerprint density at radius 1 is 1.63 bits per heavy atom. The maximum Gasteiger partial charge on any atom is 0.242 e. The SMILES string of the molecule is CN(Cc1c(F)cccc1Cl)C(=O)C1COCCN1. The van der Waals surface area contributed by atoms with E-state index >= 15 is 0 Å². The van der Waals surface area contributed by atoms with Gasteiger partial charge >= 0.3 is 0 Å². The molecular weight excluding hydrogens is 271 g/mol. The first-order valence-electron chi connectivity index (χ1n) is 6.08. The normalized spacial score (nSPS) is 19.2. The van der Waals surface area contributed by atoms with Gasteiger partial charge in [0.1, 0.15) is 11.9 Å². The second-order valence-corrected chi connectivity index (χ2v) is 4.88. The predicted molar refractivity (Wildman–Crippen MR) is 70.5 cm³/mol. The lowest BCUT2D eigenvalue weighted by Gasteiger charge is -2.27. The van der Waals surface area contributed by atoms with Crippen molar-refractivity contribution in [3.63, 3.8) is 0 Å². The van der Waals surface area contributed by atoms with Gasteiger partial charge < -0.3 is 15.0 Å². The molecule has 1 unspecified atom stereocenters. The van der Waals surface area contributed by atoms with Crippen LogP contribution in [0.2, 0.25) is 5.02 Å². The van der Waals surface area contributed by atoms with Gasteiger partial charge in [-0.05, 0) is 12.1 Å². The van der Waals surface area contributed by atoms with Gasteiger partial charge in [0.05, 0.1) is 13.2 Å². The van der Waals surface area contributed by atoms with Crippen LogP contribution in [0, 0.1) is 5.82 Å². The first-order chi connectivity index (χ1) is 9.09. The highest BCUT2D eigenvalue weighted by Gasteiger charge is 2.25. The molecule has 104 valence electrons. The summed E-state index contributed by atoms with van der Waals surface area (Å²) in [4.78, 5) is 13.6. The first-order valence-corrected chi connectivity index (χ1v) is 6.46. The van der Waals surface area contributed by atoms with Crippen LogP contribution in [0.5, 0.6) is 0 Å². The zero-order valence-corrected chi connectivity index (χ0v) is 11.4. The van der Waals surface area contributed by atoms with E-state index in [-0.39, 0.29) is 18.5 Å². The highest BCUT2D eigenvalue weighted by atomic mass is 35.5. The lowest BCUT2D eigenvalue weighted by Crippen LogP contribution is -2.51. The van der Waals surface area contributed by atoms with E-state index in [9.17, 15) is 9.18 Å². The highest BCUT2D eigenvalue weighted by molar-refractivity contribution is 6.31. The number of rotatable bonds is 3. The molecule has 1 N–H and O–H groups in total. The van der Waals surface area contributed by atoms with Crippen molar-refractivity contribution < 1.29 is 13.9 Å². The van der Waals surface area contributed by atoms with Gasteiger partial charge in [-0.1, -0.05) is 17.7 Å². The molecule has 2 rings (SSSR count). The molecule has 1 aliphatic heterocycles. The van der Waals surface area contributed by atoms with E-state index in [1.54, 1.807) is 19.2 Å². The number of halogens is 2. The Balaban J connectivity index is 2.03. The molecule has 1 atom stereocenters. The maximum absolute atomic E-state index is 13.7. The second kappa shape index (κ2) is 6.32. The van der Waals surface area contributed by atoms with Crippen molar-refractivity contribution >= 4 is 17.5 Å². The van der Waals surface area contributed by atoms with Crippen LogP contribution >= 0.6 is 11.6 Å². The molecule has 1 aliphatic rings. The fraction of sp³-hybridized carbons (Fsp3) is 0.462. The summed E-state index contributed by atoms with van der Waals surface area (Å²) >= 11 is 5.95. The number of nitrogens with zero attached hydrogens (tertiary/aromatic N) is 1. The molecular formula is C13H16ClFN2O2. The van der Waals surface area contributed by atoms with Crippen molar-refractivity contribution in [1.82, 2.24) is 10.2 Å². The summed E-state index contributed by atoms with van der Waals surface area (Å²) < 4.78 is 18.9. The van der Waals surface area contributed by atoms with Crippen molar-refractivity contribution in [2.24, 2.45) is 0 Å². The topological polar surface area (TPSA) is 41.6 Å². The third-order valence-electron chi connectivity index (χ3n) is 3.05. The molecule has 1 aromatic carbocycles. The average Bonchev–Trinajstić information content (AvgIpc) is 2.43. The summed E-state index contributed by atoms with van der Waals surface area (Å²) in [6, 6.07) is 4.12. The quantitative estimate of drug-likeness (QED) is 0.914. The van der Waals surface area contributed by atoms with Gasteiger partial charge in [0.25, 0.3) is 0 Å². The molecule has 0 aromatic heterocycles. The standard InChI is InChI=1S/C13H16ClFN2O2/c1-17(13(18)12-8-19-6-5-16-12)7-9-10(14)3-2-4-11(9)15/h2-4,12,16H,5-8H2,1H3. The number of nitrogens with one attached hydrogen (secondary N) is 1. The minimum Gasteiger partial charge on any atom is -0.378 e. The number of amides is 1. The Labute approximate surface area is 116 Å². The molecule has 1 amide bonds. The van der Waals surface area contributed by atoms with E-state index < -0.39 is 5.82 Å². The smallest absolute Gasteiger partial charge is 0.242 e. The fourth-order valence-electron chi connectivity index (χ4n) is 1.99. The van der Waals surface area contributed by atoms with Crippen molar-refractivity contribution in [2.45, 2.75) is 12.6 Å². The Morgan fingerprint density at radius 3 is 3.05 bits per heavy atom. The maximum atomic E-state index is 13.7. The molecule has 0 spiro atoms. The van der Waals surface area contributed by atoms with Crippen molar-refractivity contribution in [3.05, 3.63) is 34.6 Å². The molecule has 19 heavy (non-hydrogen) atoms. The van der Waals surface area contributed by atoms with Crippen LogP contribution in [0.15, 0.2) is 18.2 Å². The van der Waals surface area contributed by atoms with Gasteiger partial charge in [0.2, 0.25) is 5.91 Å². The van der Waals surface area contributed by atoms with Crippen molar-refractivity contribution in [2.75, 3.05) is 26.8 Å². The molecule has 0 bridgehead atoms. The Morgan fingerprint density at radius 2 is 2.42 bits per heavy atom. The van der Waals surface area contributed by atoms with Gasteiger partial charge in [0, 0.05) is 30.7 Å². The second-order valence-electron chi connectivity index (χ2n) is 4.48. The third kappa shape index (κ3) is 3.43. The number of morpholine rings is 1. The van der Waals surface area contributed by atoms with Crippen LogP contribution < -0.4 is 5.32 Å². The molecule has 0 saturated carbocycles. The van der Waals surface area contributed by atoms with Gasteiger partial charge in [-0.2, -0.15) is 0 Å². The number of hydrogen-bond donors (Lipinski definition) is 1. The summed E-state index contributed by atoms with van der Waals surface area (Å²) in [5.41, 5.74) is 0.330. The number of benzene rings is 1. The average molecular weight is 287 g/mol. The Hall–Kier alpha value is -1.17. The largest absolute Gasteiger partial charge is 0.378 e. The van der Waals surface area contributed by atoms with E-state index in [0.717, 1.165) is 0 Å². The molecule has 1 fully saturated rings. The molecule has 1 heterocycles. The number of ether oxygens (including phenoxy) is 1. The van der Waals surface area contributed by atoms with Gasteiger partial charge in [-0.15, -0.1) is 0 Å². The molecule has 0 radical (unpaired) electrons. The van der Waals surface area contributed by atoms with Gasteiger partial charge in [0.15, 0.2) is 0 Å². The van der Waals surface area contributed by atoms with Crippen molar-refractivity contribution in [1.29, 1.82) is 0 Å². The van der Waals surface area contributed by atoms with E-state index in [0.29, 0.717) is 30.3 Å². The number of likely N-dealkylation sites (N-methyl/N-ethyl adjacent to an activating group) is 1. The lowest BCUT2D eigenvalue weighted by atomic mass is 10.1. The first kappa shape index (κ1) is 14.2. The van der Waals surface area contributed by atoms with Crippen LogP contribution in [0.3, 0.4) is 0 Å². The van der Waals surface area contributed by atoms with Gasteiger partial charge in [-0.3, -0.25) is 4.79 Å². The van der Waals surface area contributed by atoms with E-state index in [2.05, 4.69) is 5.32 Å². The van der Waals surface area contributed by atoms with E-state index in [1.165, 1.54) is 11.0 Å². The fourth-order valence-corrected chi connectivity index (χ4v) is 2.21. The third-order valence-corrected chi connectivity index (χ3v) is 3.41. The minimum atomic E-state index is -0.403. The molecule has 6 heteroatoms. The highest BCUT2D eigenvalue weighted by Crippen LogP contribution is 2.20. The lowest BCUT2D eigenvalue weighted by molar-refractivity contribution is -0.135. The summed E-state index contributed by atoms with van der Waals surface area (Å²) in [6.45, 7) is 1.73. The summed E-state index contributed by atoms with van der Waals surface area (Å²) in [5, 5.41) is 3.40.